The molecule has 3 heteroatoms. The highest BCUT2D eigenvalue weighted by molar-refractivity contribution is 7.09. The molecule has 0 saturated heterocycles. The van der Waals surface area contributed by atoms with Crippen LogP contribution < -0.4 is 0 Å². The number of rotatable bonds is 6. The highest BCUT2D eigenvalue weighted by Crippen LogP contribution is 2.29. The van der Waals surface area contributed by atoms with Gasteiger partial charge in [0.15, 0.2) is 0 Å². The van der Waals surface area contributed by atoms with E-state index in [2.05, 4.69) is 22.4 Å². The van der Waals surface area contributed by atoms with Gasteiger partial charge in [-0.3, -0.25) is 4.90 Å². The van der Waals surface area contributed by atoms with Crippen molar-refractivity contribution in [1.29, 1.82) is 0 Å². The normalized spacial score (nSPS) is 18.3. The van der Waals surface area contributed by atoms with Crippen molar-refractivity contribution in [3.63, 3.8) is 0 Å². The van der Waals surface area contributed by atoms with Crippen LogP contribution in [0.1, 0.15) is 31.1 Å². The molecule has 0 aromatic carbocycles. The van der Waals surface area contributed by atoms with Gasteiger partial charge in [-0.2, -0.15) is 0 Å². The predicted molar refractivity (Wildman–Crippen MR) is 64.0 cm³/mol. The number of hydrogen-bond donors (Lipinski definition) is 1. The molecule has 0 aliphatic heterocycles. The van der Waals surface area contributed by atoms with E-state index in [0.717, 1.165) is 25.6 Å². The maximum Gasteiger partial charge on any atom is 0.0664 e. The van der Waals surface area contributed by atoms with Crippen LogP contribution in [0.15, 0.2) is 17.5 Å². The zero-order valence-electron chi connectivity index (χ0n) is 9.22. The Morgan fingerprint density at radius 2 is 2.40 bits per heavy atom. The topological polar surface area (TPSA) is 23.5 Å². The van der Waals surface area contributed by atoms with E-state index in [1.165, 1.54) is 17.7 Å². The van der Waals surface area contributed by atoms with Crippen LogP contribution in [-0.4, -0.2) is 28.7 Å². The average Bonchev–Trinajstić information content (AvgIpc) is 2.97. The molecule has 1 fully saturated rings. The minimum absolute atomic E-state index is 0.162. The van der Waals surface area contributed by atoms with Gasteiger partial charge in [0, 0.05) is 24.0 Å². The molecule has 1 aliphatic carbocycles. The zero-order chi connectivity index (χ0) is 10.7. The monoisotopic (exact) mass is 225 g/mol. The third kappa shape index (κ3) is 3.30. The Balaban J connectivity index is 1.88. The number of aliphatic hydroxyl groups excluding tert-OH is 1. The molecular formula is C12H19NOS. The summed E-state index contributed by atoms with van der Waals surface area (Å²) < 4.78 is 0. The van der Waals surface area contributed by atoms with Gasteiger partial charge < -0.3 is 5.11 Å². The predicted octanol–water partition coefficient (Wildman–Crippen LogP) is 2.48. The minimum atomic E-state index is -0.162. The number of thiophene rings is 1. The summed E-state index contributed by atoms with van der Waals surface area (Å²) in [5, 5.41) is 11.8. The van der Waals surface area contributed by atoms with E-state index in [1.807, 2.05) is 18.3 Å². The van der Waals surface area contributed by atoms with Crippen molar-refractivity contribution in [2.24, 2.45) is 0 Å². The second-order valence-electron chi connectivity index (χ2n) is 4.30. The van der Waals surface area contributed by atoms with Crippen LogP contribution in [-0.2, 0) is 6.54 Å². The van der Waals surface area contributed by atoms with Crippen LogP contribution in [0.4, 0.5) is 0 Å². The Hall–Kier alpha value is -0.380. The SMILES string of the molecule is CCC(O)CN(Cc1cccs1)C1CC1. The van der Waals surface area contributed by atoms with Crippen molar-refractivity contribution in [1.82, 2.24) is 4.90 Å². The largest absolute Gasteiger partial charge is 0.392 e. The van der Waals surface area contributed by atoms with Crippen molar-refractivity contribution in [3.8, 4) is 0 Å². The molecule has 15 heavy (non-hydrogen) atoms. The lowest BCUT2D eigenvalue weighted by Gasteiger charge is -2.23. The lowest BCUT2D eigenvalue weighted by molar-refractivity contribution is 0.102. The Labute approximate surface area is 95.5 Å². The molecule has 0 amide bonds. The summed E-state index contributed by atoms with van der Waals surface area (Å²) in [5.41, 5.74) is 0. The van der Waals surface area contributed by atoms with E-state index in [4.69, 9.17) is 0 Å². The van der Waals surface area contributed by atoms with Crippen LogP contribution in [0.5, 0.6) is 0 Å². The van der Waals surface area contributed by atoms with Crippen LogP contribution in [0.2, 0.25) is 0 Å². The molecule has 1 unspecified atom stereocenters. The van der Waals surface area contributed by atoms with E-state index in [0.29, 0.717) is 0 Å². The summed E-state index contributed by atoms with van der Waals surface area (Å²) >= 11 is 1.81. The molecule has 1 heterocycles. The Kier molecular flexibility index (Phi) is 3.78. The van der Waals surface area contributed by atoms with E-state index >= 15 is 0 Å². The van der Waals surface area contributed by atoms with E-state index in [-0.39, 0.29) is 6.10 Å². The van der Waals surface area contributed by atoms with Gasteiger partial charge >= 0.3 is 0 Å². The van der Waals surface area contributed by atoms with Crippen molar-refractivity contribution >= 4 is 11.3 Å². The number of nitrogens with zero attached hydrogens (tertiary/aromatic N) is 1. The van der Waals surface area contributed by atoms with Gasteiger partial charge in [-0.1, -0.05) is 13.0 Å². The lowest BCUT2D eigenvalue weighted by Crippen LogP contribution is -2.33. The fraction of sp³-hybridized carbons (Fsp3) is 0.667. The van der Waals surface area contributed by atoms with Gasteiger partial charge in [0.05, 0.1) is 6.10 Å². The highest BCUT2D eigenvalue weighted by atomic mass is 32.1. The van der Waals surface area contributed by atoms with Gasteiger partial charge in [0.2, 0.25) is 0 Å². The summed E-state index contributed by atoms with van der Waals surface area (Å²) in [5.74, 6) is 0. The fourth-order valence-electron chi connectivity index (χ4n) is 1.78. The molecule has 2 rings (SSSR count). The van der Waals surface area contributed by atoms with Crippen LogP contribution in [0, 0.1) is 0 Å². The van der Waals surface area contributed by atoms with Crippen molar-refractivity contribution < 1.29 is 5.11 Å². The maximum atomic E-state index is 9.70. The first-order valence-corrected chi connectivity index (χ1v) is 6.62. The highest BCUT2D eigenvalue weighted by Gasteiger charge is 2.29. The lowest BCUT2D eigenvalue weighted by atomic mass is 10.2. The summed E-state index contributed by atoms with van der Waals surface area (Å²) in [6.45, 7) is 3.89. The molecule has 84 valence electrons. The van der Waals surface area contributed by atoms with Gasteiger partial charge in [-0.15, -0.1) is 11.3 Å². The van der Waals surface area contributed by atoms with Crippen molar-refractivity contribution in [2.75, 3.05) is 6.54 Å². The molecule has 2 nitrogen and oxygen atoms in total. The molecule has 1 aromatic heterocycles. The summed E-state index contributed by atoms with van der Waals surface area (Å²) in [6.07, 6.45) is 3.31. The van der Waals surface area contributed by atoms with E-state index in [9.17, 15) is 5.11 Å². The van der Waals surface area contributed by atoms with Crippen molar-refractivity contribution in [2.45, 2.75) is 44.9 Å². The molecule has 1 atom stereocenters. The molecule has 0 radical (unpaired) electrons. The molecule has 1 N–H and O–H groups in total. The average molecular weight is 225 g/mol. The third-order valence-electron chi connectivity index (χ3n) is 2.92. The molecular weight excluding hydrogens is 206 g/mol. The first kappa shape index (κ1) is 11.1. The van der Waals surface area contributed by atoms with Crippen molar-refractivity contribution in [3.05, 3.63) is 22.4 Å². The standard InChI is InChI=1S/C12H19NOS/c1-2-11(14)8-13(10-5-6-10)9-12-4-3-7-15-12/h3-4,7,10-11,14H,2,5-6,8-9H2,1H3. The van der Waals surface area contributed by atoms with Gasteiger partial charge in [-0.25, -0.2) is 0 Å². The Morgan fingerprint density at radius 3 is 2.93 bits per heavy atom. The summed E-state index contributed by atoms with van der Waals surface area (Å²) in [7, 11) is 0. The smallest absolute Gasteiger partial charge is 0.0664 e. The Morgan fingerprint density at radius 1 is 1.60 bits per heavy atom. The van der Waals surface area contributed by atoms with E-state index in [1.54, 1.807) is 0 Å². The molecule has 1 saturated carbocycles. The van der Waals surface area contributed by atoms with Gasteiger partial charge in [-0.05, 0) is 30.7 Å². The Bertz CT molecular complexity index is 282. The first-order chi connectivity index (χ1) is 7.29. The molecule has 1 aliphatic rings. The summed E-state index contributed by atoms with van der Waals surface area (Å²) in [4.78, 5) is 3.84. The summed E-state index contributed by atoms with van der Waals surface area (Å²) in [6, 6.07) is 5.01. The number of hydrogen-bond acceptors (Lipinski definition) is 3. The van der Waals surface area contributed by atoms with Gasteiger partial charge in [0.25, 0.3) is 0 Å². The minimum Gasteiger partial charge on any atom is -0.392 e. The quantitative estimate of drug-likeness (QED) is 0.804. The fourth-order valence-corrected chi connectivity index (χ4v) is 2.51. The van der Waals surface area contributed by atoms with E-state index < -0.39 is 0 Å². The van der Waals surface area contributed by atoms with Crippen LogP contribution in [0.25, 0.3) is 0 Å². The molecule has 0 bridgehead atoms. The first-order valence-electron chi connectivity index (χ1n) is 5.74. The zero-order valence-corrected chi connectivity index (χ0v) is 10.0. The van der Waals surface area contributed by atoms with Crippen LogP contribution >= 0.6 is 11.3 Å². The second kappa shape index (κ2) is 5.10. The second-order valence-corrected chi connectivity index (χ2v) is 5.33. The maximum absolute atomic E-state index is 9.70. The molecule has 0 spiro atoms. The molecule has 1 aromatic rings. The van der Waals surface area contributed by atoms with Gasteiger partial charge in [0.1, 0.15) is 0 Å². The number of aliphatic hydroxyl groups is 1. The third-order valence-corrected chi connectivity index (χ3v) is 3.78. The van der Waals surface area contributed by atoms with Crippen LogP contribution in [0.3, 0.4) is 0 Å².